The minimum Gasteiger partial charge on any atom is -0.398 e. The Morgan fingerprint density at radius 2 is 2.16 bits per heavy atom. The SMILES string of the molecule is CC1CCN(S(=O)(=O)c2ccc(N)c(Br)c2)CC1O. The van der Waals surface area contributed by atoms with Crippen LogP contribution in [0, 0.1) is 5.92 Å². The number of nitrogens with two attached hydrogens (primary N) is 1. The third-order valence-corrected chi connectivity index (χ3v) is 6.04. The summed E-state index contributed by atoms with van der Waals surface area (Å²) in [6.07, 6.45) is 0.0528. The molecule has 2 atom stereocenters. The van der Waals surface area contributed by atoms with Crippen LogP contribution in [0.25, 0.3) is 0 Å². The second-order valence-electron chi connectivity index (χ2n) is 4.88. The van der Waals surface area contributed by atoms with Crippen molar-refractivity contribution in [1.82, 2.24) is 4.31 Å². The van der Waals surface area contributed by atoms with Gasteiger partial charge < -0.3 is 10.8 Å². The van der Waals surface area contributed by atoms with Crippen LogP contribution in [0.5, 0.6) is 0 Å². The average Bonchev–Trinajstić information content (AvgIpc) is 2.35. The lowest BCUT2D eigenvalue weighted by molar-refractivity contribution is 0.0605. The summed E-state index contributed by atoms with van der Waals surface area (Å²) in [6.45, 7) is 2.50. The van der Waals surface area contributed by atoms with Gasteiger partial charge in [-0.2, -0.15) is 4.31 Å². The van der Waals surface area contributed by atoms with Gasteiger partial charge in [-0.1, -0.05) is 6.92 Å². The summed E-state index contributed by atoms with van der Waals surface area (Å²) < 4.78 is 26.8. The molecule has 106 valence electrons. The highest BCUT2D eigenvalue weighted by Crippen LogP contribution is 2.27. The lowest BCUT2D eigenvalue weighted by Gasteiger charge is -2.33. The zero-order valence-corrected chi connectivity index (χ0v) is 13.0. The van der Waals surface area contributed by atoms with Crippen molar-refractivity contribution in [3.05, 3.63) is 22.7 Å². The van der Waals surface area contributed by atoms with E-state index in [0.29, 0.717) is 23.1 Å². The smallest absolute Gasteiger partial charge is 0.243 e. The summed E-state index contributed by atoms with van der Waals surface area (Å²) in [5.41, 5.74) is 6.15. The Hall–Kier alpha value is -0.630. The third-order valence-electron chi connectivity index (χ3n) is 3.49. The molecule has 1 aliphatic heterocycles. The molecule has 1 aliphatic rings. The molecule has 2 rings (SSSR count). The minimum absolute atomic E-state index is 0.129. The van der Waals surface area contributed by atoms with Gasteiger partial charge in [-0.25, -0.2) is 8.42 Å². The van der Waals surface area contributed by atoms with Gasteiger partial charge in [-0.15, -0.1) is 0 Å². The summed E-state index contributed by atoms with van der Waals surface area (Å²) in [5.74, 6) is 0.129. The Morgan fingerprint density at radius 3 is 2.74 bits per heavy atom. The van der Waals surface area contributed by atoms with Gasteiger partial charge in [-0.05, 0) is 46.5 Å². The maximum Gasteiger partial charge on any atom is 0.243 e. The number of rotatable bonds is 2. The van der Waals surface area contributed by atoms with Crippen molar-refractivity contribution < 1.29 is 13.5 Å². The molecular weight excluding hydrogens is 332 g/mol. The van der Waals surface area contributed by atoms with Gasteiger partial charge in [0.25, 0.3) is 0 Å². The van der Waals surface area contributed by atoms with Crippen LogP contribution < -0.4 is 5.73 Å². The van der Waals surface area contributed by atoms with Gasteiger partial charge in [0.2, 0.25) is 10.0 Å². The number of halogens is 1. The number of aliphatic hydroxyl groups excluding tert-OH is 1. The van der Waals surface area contributed by atoms with E-state index in [-0.39, 0.29) is 17.4 Å². The van der Waals surface area contributed by atoms with Gasteiger partial charge >= 0.3 is 0 Å². The maximum absolute atomic E-state index is 12.5. The maximum atomic E-state index is 12.5. The number of β-amino-alcohol motifs (C(OH)–C–C–N with tert-alkyl or cyclic N) is 1. The number of piperidine rings is 1. The molecule has 1 saturated heterocycles. The van der Waals surface area contributed by atoms with Crippen molar-refractivity contribution in [2.75, 3.05) is 18.8 Å². The molecule has 2 unspecified atom stereocenters. The third kappa shape index (κ3) is 2.94. The monoisotopic (exact) mass is 348 g/mol. The van der Waals surface area contributed by atoms with Crippen LogP contribution in [-0.4, -0.2) is 37.0 Å². The topological polar surface area (TPSA) is 83.6 Å². The van der Waals surface area contributed by atoms with E-state index in [1.807, 2.05) is 6.92 Å². The minimum atomic E-state index is -3.57. The largest absolute Gasteiger partial charge is 0.398 e. The van der Waals surface area contributed by atoms with Crippen molar-refractivity contribution in [1.29, 1.82) is 0 Å². The van der Waals surface area contributed by atoms with E-state index < -0.39 is 16.1 Å². The molecular formula is C12H17BrN2O3S. The van der Waals surface area contributed by atoms with Gasteiger partial charge in [0.05, 0.1) is 11.0 Å². The predicted octanol–water partition coefficient (Wildman–Crippen LogP) is 1.42. The molecule has 0 aliphatic carbocycles. The van der Waals surface area contributed by atoms with Crippen LogP contribution in [0.3, 0.4) is 0 Å². The summed E-state index contributed by atoms with van der Waals surface area (Å²) >= 11 is 3.23. The zero-order chi connectivity index (χ0) is 14.2. The molecule has 0 radical (unpaired) electrons. The molecule has 0 spiro atoms. The molecule has 1 aromatic rings. The summed E-state index contributed by atoms with van der Waals surface area (Å²) in [5, 5.41) is 9.82. The van der Waals surface area contributed by atoms with E-state index in [9.17, 15) is 13.5 Å². The van der Waals surface area contributed by atoms with E-state index in [2.05, 4.69) is 15.9 Å². The summed E-state index contributed by atoms with van der Waals surface area (Å²) in [6, 6.07) is 4.54. The predicted molar refractivity (Wildman–Crippen MR) is 77.1 cm³/mol. The standard InChI is InChI=1S/C12H17BrN2O3S/c1-8-4-5-15(7-12(8)16)19(17,18)9-2-3-11(14)10(13)6-9/h2-3,6,8,12,16H,4-5,7,14H2,1H3. The second kappa shape index (κ2) is 5.40. The first kappa shape index (κ1) is 14.8. The fourth-order valence-electron chi connectivity index (χ4n) is 2.06. The fourth-order valence-corrected chi connectivity index (χ4v) is 4.09. The average molecular weight is 349 g/mol. The first-order valence-electron chi connectivity index (χ1n) is 6.05. The van der Waals surface area contributed by atoms with Gasteiger partial charge in [0, 0.05) is 23.2 Å². The van der Waals surface area contributed by atoms with E-state index in [1.54, 1.807) is 6.07 Å². The van der Waals surface area contributed by atoms with E-state index >= 15 is 0 Å². The lowest BCUT2D eigenvalue weighted by Crippen LogP contribution is -2.45. The number of nitrogens with zero attached hydrogens (tertiary/aromatic N) is 1. The number of hydrogen-bond acceptors (Lipinski definition) is 4. The van der Waals surface area contributed by atoms with Crippen LogP contribution in [-0.2, 0) is 10.0 Å². The highest BCUT2D eigenvalue weighted by Gasteiger charge is 2.32. The van der Waals surface area contributed by atoms with E-state index in [4.69, 9.17) is 5.73 Å². The van der Waals surface area contributed by atoms with Gasteiger partial charge in [0.1, 0.15) is 0 Å². The fraction of sp³-hybridized carbons (Fsp3) is 0.500. The zero-order valence-electron chi connectivity index (χ0n) is 10.6. The Balaban J connectivity index is 2.29. The Morgan fingerprint density at radius 1 is 1.47 bits per heavy atom. The highest BCUT2D eigenvalue weighted by molar-refractivity contribution is 9.10. The molecule has 19 heavy (non-hydrogen) atoms. The number of aliphatic hydroxyl groups is 1. The normalized spacial score (nSPS) is 25.4. The van der Waals surface area contributed by atoms with Crippen molar-refractivity contribution in [3.8, 4) is 0 Å². The molecule has 0 amide bonds. The van der Waals surface area contributed by atoms with E-state index in [1.165, 1.54) is 16.4 Å². The number of anilines is 1. The molecule has 1 fully saturated rings. The van der Waals surface area contributed by atoms with Crippen LogP contribution in [0.15, 0.2) is 27.6 Å². The quantitative estimate of drug-likeness (QED) is 0.791. The molecule has 0 aromatic heterocycles. The first-order chi connectivity index (χ1) is 8.82. The molecule has 0 saturated carbocycles. The van der Waals surface area contributed by atoms with Gasteiger partial charge in [-0.3, -0.25) is 0 Å². The van der Waals surface area contributed by atoms with E-state index in [0.717, 1.165) is 0 Å². The summed E-state index contributed by atoms with van der Waals surface area (Å²) in [7, 11) is -3.57. The highest BCUT2D eigenvalue weighted by atomic mass is 79.9. The number of benzene rings is 1. The molecule has 3 N–H and O–H groups in total. The number of nitrogen functional groups attached to an aromatic ring is 1. The Kier molecular flexibility index (Phi) is 4.20. The van der Waals surface area contributed by atoms with Crippen LogP contribution in [0.2, 0.25) is 0 Å². The number of hydrogen-bond donors (Lipinski definition) is 2. The van der Waals surface area contributed by atoms with Crippen LogP contribution in [0.4, 0.5) is 5.69 Å². The van der Waals surface area contributed by atoms with Crippen molar-refractivity contribution in [2.45, 2.75) is 24.3 Å². The van der Waals surface area contributed by atoms with Crippen LogP contribution >= 0.6 is 15.9 Å². The molecule has 1 aromatic carbocycles. The van der Waals surface area contributed by atoms with Crippen molar-refractivity contribution >= 4 is 31.6 Å². The molecule has 5 nitrogen and oxygen atoms in total. The molecule has 7 heteroatoms. The lowest BCUT2D eigenvalue weighted by atomic mass is 9.98. The number of sulfonamides is 1. The van der Waals surface area contributed by atoms with Crippen molar-refractivity contribution in [2.24, 2.45) is 5.92 Å². The van der Waals surface area contributed by atoms with Crippen molar-refractivity contribution in [3.63, 3.8) is 0 Å². The second-order valence-corrected chi connectivity index (χ2v) is 7.67. The molecule has 0 bridgehead atoms. The summed E-state index contributed by atoms with van der Waals surface area (Å²) in [4.78, 5) is 0.190. The Bertz CT molecular complexity index is 576. The van der Waals surface area contributed by atoms with Crippen LogP contribution in [0.1, 0.15) is 13.3 Å². The molecule has 1 heterocycles. The Labute approximate surface area is 121 Å². The first-order valence-corrected chi connectivity index (χ1v) is 8.29. The van der Waals surface area contributed by atoms with Gasteiger partial charge in [0.15, 0.2) is 0 Å².